The molecule has 5 nitrogen and oxygen atoms in total. The number of Topliss-reactive ketones (excluding diaryl/α,β-unsaturated/α-hetero) is 1. The summed E-state index contributed by atoms with van der Waals surface area (Å²) in [6.45, 7) is 4.95. The van der Waals surface area contributed by atoms with E-state index in [9.17, 15) is 4.79 Å². The van der Waals surface area contributed by atoms with Crippen molar-refractivity contribution in [2.45, 2.75) is 32.7 Å². The quantitative estimate of drug-likeness (QED) is 0.296. The van der Waals surface area contributed by atoms with Crippen LogP contribution >= 0.6 is 0 Å². The molecule has 14 heavy (non-hydrogen) atoms. The van der Waals surface area contributed by atoms with E-state index in [-0.39, 0.29) is 17.8 Å². The van der Waals surface area contributed by atoms with Gasteiger partial charge in [-0.1, -0.05) is 6.92 Å². The predicted molar refractivity (Wildman–Crippen MR) is 58.1 cm³/mol. The molecule has 0 aliphatic heterocycles. The zero-order valence-electron chi connectivity index (χ0n) is 8.92. The minimum Gasteiger partial charge on any atom is -0.370 e. The van der Waals surface area contributed by atoms with Crippen molar-refractivity contribution in [2.75, 3.05) is 13.1 Å². The number of nitrogens with one attached hydrogen (secondary N) is 1. The van der Waals surface area contributed by atoms with E-state index >= 15 is 0 Å². The number of rotatable bonds is 7. The second-order valence-electron chi connectivity index (χ2n) is 3.17. The maximum Gasteiger partial charge on any atom is 0.185 e. The minimum atomic E-state index is -0.0609. The minimum absolute atomic E-state index is 0.0609. The molecule has 0 spiro atoms. The summed E-state index contributed by atoms with van der Waals surface area (Å²) in [7, 11) is 0. The molecule has 0 aromatic heterocycles. The van der Waals surface area contributed by atoms with Gasteiger partial charge in [0.2, 0.25) is 0 Å². The first kappa shape index (κ1) is 12.9. The molecule has 5 N–H and O–H groups in total. The van der Waals surface area contributed by atoms with E-state index in [4.69, 9.17) is 11.5 Å². The fraction of sp³-hybridized carbons (Fsp3) is 0.778. The number of likely N-dealkylation sites (N-methyl/N-ethyl adjacent to an activating group) is 1. The Hall–Kier alpha value is -1.10. The van der Waals surface area contributed by atoms with Crippen molar-refractivity contribution in [1.29, 1.82) is 0 Å². The smallest absolute Gasteiger partial charge is 0.185 e. The number of carbonyl (C=O) groups excluding carboxylic acids is 1. The Kier molecular flexibility index (Phi) is 6.74. The van der Waals surface area contributed by atoms with Crippen molar-refractivity contribution in [3.05, 3.63) is 0 Å². The number of guanidine groups is 1. The fourth-order valence-corrected chi connectivity index (χ4v) is 1.20. The van der Waals surface area contributed by atoms with Crippen molar-refractivity contribution in [3.63, 3.8) is 0 Å². The summed E-state index contributed by atoms with van der Waals surface area (Å²) >= 11 is 0. The standard InChI is InChI=1S/C9H20N4O/c1-3-12-8(7(2)14)5-4-6-13-9(10)11/h8,12H,3-6H2,1-2H3,(H4,10,11,13)/t8-/m0/s1. The van der Waals surface area contributed by atoms with Crippen molar-refractivity contribution in [2.24, 2.45) is 16.5 Å². The largest absolute Gasteiger partial charge is 0.370 e. The van der Waals surface area contributed by atoms with E-state index in [1.807, 2.05) is 6.92 Å². The van der Waals surface area contributed by atoms with Gasteiger partial charge in [-0.15, -0.1) is 0 Å². The number of nitrogens with zero attached hydrogens (tertiary/aromatic N) is 1. The molecule has 5 heteroatoms. The monoisotopic (exact) mass is 200 g/mol. The Bertz CT molecular complexity index is 199. The molecule has 0 radical (unpaired) electrons. The van der Waals surface area contributed by atoms with E-state index in [0.717, 1.165) is 19.4 Å². The van der Waals surface area contributed by atoms with E-state index < -0.39 is 0 Å². The predicted octanol–water partition coefficient (Wildman–Crippen LogP) is -0.393. The topological polar surface area (TPSA) is 93.5 Å². The number of aliphatic imine (C=N–C) groups is 1. The molecule has 0 amide bonds. The van der Waals surface area contributed by atoms with Crippen molar-refractivity contribution >= 4 is 11.7 Å². The SMILES string of the molecule is CCN[C@@H](CCCN=C(N)N)C(C)=O. The lowest BCUT2D eigenvalue weighted by Gasteiger charge is -2.13. The Labute approximate surface area is 84.9 Å². The molecular weight excluding hydrogens is 180 g/mol. The zero-order chi connectivity index (χ0) is 11.0. The van der Waals surface area contributed by atoms with Crippen LogP contribution in [0, 0.1) is 0 Å². The van der Waals surface area contributed by atoms with Gasteiger partial charge in [0, 0.05) is 6.54 Å². The molecule has 0 aliphatic rings. The van der Waals surface area contributed by atoms with Crippen LogP contribution in [0.5, 0.6) is 0 Å². The van der Waals surface area contributed by atoms with Crippen LogP contribution in [0.3, 0.4) is 0 Å². The molecule has 1 atom stereocenters. The second-order valence-corrected chi connectivity index (χ2v) is 3.17. The van der Waals surface area contributed by atoms with Crippen molar-refractivity contribution in [3.8, 4) is 0 Å². The lowest BCUT2D eigenvalue weighted by molar-refractivity contribution is -0.119. The molecule has 0 fully saturated rings. The Morgan fingerprint density at radius 1 is 1.50 bits per heavy atom. The highest BCUT2D eigenvalue weighted by Crippen LogP contribution is 1.98. The maximum absolute atomic E-state index is 11.1. The van der Waals surface area contributed by atoms with Crippen LogP contribution < -0.4 is 16.8 Å². The fourth-order valence-electron chi connectivity index (χ4n) is 1.20. The first-order chi connectivity index (χ1) is 6.57. The Balaban J connectivity index is 3.72. The highest BCUT2D eigenvalue weighted by Gasteiger charge is 2.11. The zero-order valence-corrected chi connectivity index (χ0v) is 8.92. The van der Waals surface area contributed by atoms with E-state index in [0.29, 0.717) is 6.54 Å². The van der Waals surface area contributed by atoms with E-state index in [1.54, 1.807) is 6.92 Å². The number of carbonyl (C=O) groups is 1. The summed E-state index contributed by atoms with van der Waals surface area (Å²) in [4.78, 5) is 15.0. The first-order valence-corrected chi connectivity index (χ1v) is 4.87. The molecule has 0 rings (SSSR count). The van der Waals surface area contributed by atoms with Gasteiger partial charge in [-0.05, 0) is 26.3 Å². The van der Waals surface area contributed by atoms with Crippen LogP contribution in [0.25, 0.3) is 0 Å². The third kappa shape index (κ3) is 6.42. The van der Waals surface area contributed by atoms with Gasteiger partial charge >= 0.3 is 0 Å². The molecule has 0 aliphatic carbocycles. The molecule has 0 saturated carbocycles. The summed E-state index contributed by atoms with van der Waals surface area (Å²) in [5.74, 6) is 0.268. The summed E-state index contributed by atoms with van der Waals surface area (Å²) in [5.41, 5.74) is 10.3. The maximum atomic E-state index is 11.1. The van der Waals surface area contributed by atoms with Crippen molar-refractivity contribution in [1.82, 2.24) is 5.32 Å². The van der Waals surface area contributed by atoms with Crippen molar-refractivity contribution < 1.29 is 4.79 Å². The van der Waals surface area contributed by atoms with Crippen LogP contribution in [0.15, 0.2) is 4.99 Å². The molecule has 82 valence electrons. The van der Waals surface area contributed by atoms with E-state index in [1.165, 1.54) is 0 Å². The highest BCUT2D eigenvalue weighted by atomic mass is 16.1. The van der Waals surface area contributed by atoms with Gasteiger partial charge in [-0.3, -0.25) is 9.79 Å². The summed E-state index contributed by atoms with van der Waals surface area (Å²) in [6.07, 6.45) is 1.59. The lowest BCUT2D eigenvalue weighted by atomic mass is 10.1. The number of nitrogens with two attached hydrogens (primary N) is 2. The van der Waals surface area contributed by atoms with Gasteiger partial charge < -0.3 is 16.8 Å². The average molecular weight is 200 g/mol. The molecule has 0 aromatic rings. The van der Waals surface area contributed by atoms with Crippen LogP contribution in [0.4, 0.5) is 0 Å². The Morgan fingerprint density at radius 3 is 2.57 bits per heavy atom. The third-order valence-electron chi connectivity index (χ3n) is 1.89. The van der Waals surface area contributed by atoms with Crippen LogP contribution in [0.2, 0.25) is 0 Å². The Morgan fingerprint density at radius 2 is 2.14 bits per heavy atom. The highest BCUT2D eigenvalue weighted by molar-refractivity contribution is 5.81. The van der Waals surface area contributed by atoms with Gasteiger partial charge in [0.05, 0.1) is 6.04 Å². The molecule has 0 aromatic carbocycles. The van der Waals surface area contributed by atoms with Gasteiger partial charge in [-0.2, -0.15) is 0 Å². The van der Waals surface area contributed by atoms with Crippen LogP contribution in [-0.4, -0.2) is 30.9 Å². The third-order valence-corrected chi connectivity index (χ3v) is 1.89. The molecular formula is C9H20N4O. The van der Waals surface area contributed by atoms with Gasteiger partial charge in [0.1, 0.15) is 5.78 Å². The van der Waals surface area contributed by atoms with Gasteiger partial charge in [0.15, 0.2) is 5.96 Å². The van der Waals surface area contributed by atoms with Crippen LogP contribution in [0.1, 0.15) is 26.7 Å². The van der Waals surface area contributed by atoms with Gasteiger partial charge in [0.25, 0.3) is 0 Å². The average Bonchev–Trinajstić information content (AvgIpc) is 2.09. The normalized spacial score (nSPS) is 12.1. The molecule has 0 unspecified atom stereocenters. The van der Waals surface area contributed by atoms with E-state index in [2.05, 4.69) is 10.3 Å². The summed E-state index contributed by atoms with van der Waals surface area (Å²) in [6, 6.07) is -0.0609. The summed E-state index contributed by atoms with van der Waals surface area (Å²) in [5, 5.41) is 3.11. The molecule has 0 heterocycles. The summed E-state index contributed by atoms with van der Waals surface area (Å²) < 4.78 is 0. The first-order valence-electron chi connectivity index (χ1n) is 4.87. The van der Waals surface area contributed by atoms with Gasteiger partial charge in [-0.25, -0.2) is 0 Å². The number of hydrogen-bond acceptors (Lipinski definition) is 3. The number of ketones is 1. The second kappa shape index (κ2) is 7.32. The van der Waals surface area contributed by atoms with Crippen LogP contribution in [-0.2, 0) is 4.79 Å². The molecule has 0 saturated heterocycles. The number of hydrogen-bond donors (Lipinski definition) is 3. The lowest BCUT2D eigenvalue weighted by Crippen LogP contribution is -2.35. The molecule has 0 bridgehead atoms.